The van der Waals surface area contributed by atoms with E-state index in [-0.39, 0.29) is 6.61 Å². The Morgan fingerprint density at radius 3 is 2.62 bits per heavy atom. The maximum absolute atomic E-state index is 8.66. The molecule has 4 nitrogen and oxygen atoms in total. The van der Waals surface area contributed by atoms with Crippen LogP contribution in [0, 0.1) is 11.8 Å². The molecule has 2 rings (SSSR count). The van der Waals surface area contributed by atoms with E-state index in [0.717, 1.165) is 22.2 Å². The largest absolute Gasteiger partial charge is 0.493 e. The Balaban J connectivity index is 1.73. The first-order chi connectivity index (χ1) is 10.4. The summed E-state index contributed by atoms with van der Waals surface area (Å²) in [6.45, 7) is 0.690. The van der Waals surface area contributed by atoms with Gasteiger partial charge in [0.1, 0.15) is 5.75 Å². The number of rotatable bonds is 6. The first kappa shape index (κ1) is 15.4. The van der Waals surface area contributed by atoms with Crippen molar-refractivity contribution in [1.82, 2.24) is 9.97 Å². The Labute approximate surface area is 128 Å². The third kappa shape index (κ3) is 5.86. The number of ether oxygens (including phenoxy) is 1. The van der Waals surface area contributed by atoms with Crippen LogP contribution < -0.4 is 4.74 Å². The van der Waals surface area contributed by atoms with Crippen LogP contribution in [0.2, 0.25) is 0 Å². The van der Waals surface area contributed by atoms with Gasteiger partial charge in [-0.2, -0.15) is 0 Å². The minimum Gasteiger partial charge on any atom is -0.493 e. The molecule has 0 aliphatic carbocycles. The number of aliphatic hydroxyl groups is 1. The molecular weight excluding hydrogens is 284 g/mol. The van der Waals surface area contributed by atoms with Gasteiger partial charge in [0, 0.05) is 30.1 Å². The molecule has 0 spiro atoms. The lowest BCUT2D eigenvalue weighted by Gasteiger charge is -2.05. The van der Waals surface area contributed by atoms with Crippen LogP contribution in [-0.2, 0) is 0 Å². The summed E-state index contributed by atoms with van der Waals surface area (Å²) in [6, 6.07) is 9.41. The van der Waals surface area contributed by atoms with Gasteiger partial charge in [-0.15, -0.1) is 0 Å². The zero-order valence-corrected chi connectivity index (χ0v) is 12.3. The van der Waals surface area contributed by atoms with E-state index in [1.165, 1.54) is 0 Å². The van der Waals surface area contributed by atoms with Crippen LogP contribution in [-0.4, -0.2) is 34.0 Å². The monoisotopic (exact) mass is 300 g/mol. The zero-order valence-electron chi connectivity index (χ0n) is 11.5. The van der Waals surface area contributed by atoms with Crippen molar-refractivity contribution in [3.05, 3.63) is 48.3 Å². The molecule has 21 heavy (non-hydrogen) atoms. The lowest BCUT2D eigenvalue weighted by Crippen LogP contribution is -2.00. The molecule has 0 amide bonds. The van der Waals surface area contributed by atoms with Crippen LogP contribution >= 0.6 is 11.8 Å². The van der Waals surface area contributed by atoms with E-state index >= 15 is 0 Å². The van der Waals surface area contributed by atoms with Crippen molar-refractivity contribution >= 4 is 11.8 Å². The van der Waals surface area contributed by atoms with Gasteiger partial charge in [-0.1, -0.05) is 23.6 Å². The van der Waals surface area contributed by atoms with Crippen molar-refractivity contribution in [3.63, 3.8) is 0 Å². The second-order valence-electron chi connectivity index (χ2n) is 4.03. The summed E-state index contributed by atoms with van der Waals surface area (Å²) < 4.78 is 5.64. The third-order valence-corrected chi connectivity index (χ3v) is 3.29. The molecule has 1 aromatic carbocycles. The van der Waals surface area contributed by atoms with Gasteiger partial charge in [0.05, 0.1) is 13.2 Å². The first-order valence-electron chi connectivity index (χ1n) is 6.61. The Hall–Kier alpha value is -2.03. The predicted octanol–water partition coefficient (Wildman–Crippen LogP) is 2.38. The fraction of sp³-hybridized carbons (Fsp3) is 0.250. The molecule has 0 saturated carbocycles. The highest BCUT2D eigenvalue weighted by molar-refractivity contribution is 7.99. The molecule has 0 radical (unpaired) electrons. The highest BCUT2D eigenvalue weighted by Gasteiger charge is 1.97. The maximum atomic E-state index is 8.66. The van der Waals surface area contributed by atoms with E-state index in [1.807, 2.05) is 24.3 Å². The zero-order chi connectivity index (χ0) is 14.8. The van der Waals surface area contributed by atoms with Gasteiger partial charge >= 0.3 is 0 Å². The molecule has 0 fully saturated rings. The van der Waals surface area contributed by atoms with Crippen LogP contribution in [0.5, 0.6) is 5.75 Å². The van der Waals surface area contributed by atoms with Gasteiger partial charge in [0.2, 0.25) is 0 Å². The van der Waals surface area contributed by atoms with Gasteiger partial charge in [-0.3, -0.25) is 0 Å². The van der Waals surface area contributed by atoms with E-state index in [0.29, 0.717) is 13.0 Å². The summed E-state index contributed by atoms with van der Waals surface area (Å²) in [5.41, 5.74) is 0.919. The summed E-state index contributed by atoms with van der Waals surface area (Å²) in [6.07, 6.45) is 3.95. The molecule has 1 N–H and O–H groups in total. The van der Waals surface area contributed by atoms with E-state index < -0.39 is 0 Å². The number of thioether (sulfide) groups is 1. The van der Waals surface area contributed by atoms with Crippen LogP contribution in [0.3, 0.4) is 0 Å². The molecule has 0 unspecified atom stereocenters. The molecule has 1 aromatic heterocycles. The van der Waals surface area contributed by atoms with E-state index in [4.69, 9.17) is 9.84 Å². The minimum absolute atomic E-state index is 0.0942. The van der Waals surface area contributed by atoms with Crippen LogP contribution in [0.1, 0.15) is 12.0 Å². The first-order valence-corrected chi connectivity index (χ1v) is 7.59. The van der Waals surface area contributed by atoms with E-state index in [1.54, 1.807) is 30.2 Å². The summed E-state index contributed by atoms with van der Waals surface area (Å²) in [7, 11) is 0. The molecule has 0 bridgehead atoms. The normalized spacial score (nSPS) is 9.76. The van der Waals surface area contributed by atoms with Crippen molar-refractivity contribution in [1.29, 1.82) is 0 Å². The average molecular weight is 300 g/mol. The molecule has 5 heteroatoms. The van der Waals surface area contributed by atoms with Gasteiger partial charge in [-0.05, 0) is 30.3 Å². The highest BCUT2D eigenvalue weighted by atomic mass is 32.2. The highest BCUT2D eigenvalue weighted by Crippen LogP contribution is 2.14. The van der Waals surface area contributed by atoms with Crippen LogP contribution in [0.4, 0.5) is 0 Å². The smallest absolute Gasteiger partial charge is 0.187 e. The number of nitrogens with zero attached hydrogens (tertiary/aromatic N) is 2. The third-order valence-electron chi connectivity index (χ3n) is 2.45. The molecule has 0 aliphatic rings. The number of benzene rings is 1. The van der Waals surface area contributed by atoms with Crippen LogP contribution in [0.15, 0.2) is 47.9 Å². The molecule has 1 heterocycles. The number of aromatic nitrogens is 2. The molecule has 108 valence electrons. The maximum Gasteiger partial charge on any atom is 0.187 e. The second-order valence-corrected chi connectivity index (χ2v) is 5.09. The average Bonchev–Trinajstić information content (AvgIpc) is 2.54. The Bertz CT molecular complexity index is 591. The number of aliphatic hydroxyl groups excluding tert-OH is 1. The van der Waals surface area contributed by atoms with Gasteiger partial charge in [0.25, 0.3) is 0 Å². The van der Waals surface area contributed by atoms with Crippen molar-refractivity contribution in [2.24, 2.45) is 0 Å². The van der Waals surface area contributed by atoms with Crippen molar-refractivity contribution in [2.45, 2.75) is 11.6 Å². The lowest BCUT2D eigenvalue weighted by molar-refractivity contribution is 0.305. The lowest BCUT2D eigenvalue weighted by atomic mass is 10.2. The molecule has 0 atom stereocenters. The quantitative estimate of drug-likeness (QED) is 0.384. The predicted molar refractivity (Wildman–Crippen MR) is 83.3 cm³/mol. The number of hydrogen-bond donors (Lipinski definition) is 1. The molecule has 0 saturated heterocycles. The molecule has 0 aliphatic heterocycles. The summed E-state index contributed by atoms with van der Waals surface area (Å²) in [5.74, 6) is 7.47. The topological polar surface area (TPSA) is 55.2 Å². The van der Waals surface area contributed by atoms with Gasteiger partial charge in [0.15, 0.2) is 5.16 Å². The Kier molecular flexibility index (Phi) is 6.59. The SMILES string of the molecule is OCCC#Cc1ccc(OCCSc2ncccn2)cc1. The fourth-order valence-corrected chi connectivity index (χ4v) is 2.13. The van der Waals surface area contributed by atoms with E-state index in [2.05, 4.69) is 21.8 Å². The van der Waals surface area contributed by atoms with Gasteiger partial charge < -0.3 is 9.84 Å². The van der Waals surface area contributed by atoms with E-state index in [9.17, 15) is 0 Å². The standard InChI is InChI=1S/C16H16N2O2S/c19-11-2-1-4-14-5-7-15(8-6-14)20-12-13-21-16-17-9-3-10-18-16/h3,5-10,19H,2,11-13H2. The number of hydrogen-bond acceptors (Lipinski definition) is 5. The van der Waals surface area contributed by atoms with Crippen molar-refractivity contribution in [2.75, 3.05) is 19.0 Å². The Morgan fingerprint density at radius 1 is 1.14 bits per heavy atom. The van der Waals surface area contributed by atoms with Crippen molar-refractivity contribution < 1.29 is 9.84 Å². The second kappa shape index (κ2) is 9.01. The van der Waals surface area contributed by atoms with Crippen molar-refractivity contribution in [3.8, 4) is 17.6 Å². The minimum atomic E-state index is 0.0942. The fourth-order valence-electron chi connectivity index (χ4n) is 1.51. The van der Waals surface area contributed by atoms with Crippen LogP contribution in [0.25, 0.3) is 0 Å². The molecule has 2 aromatic rings. The summed E-state index contributed by atoms with van der Waals surface area (Å²) >= 11 is 1.56. The Morgan fingerprint density at radius 2 is 1.90 bits per heavy atom. The summed E-state index contributed by atoms with van der Waals surface area (Å²) in [4.78, 5) is 8.27. The molecular formula is C16H16N2O2S. The van der Waals surface area contributed by atoms with Gasteiger partial charge in [-0.25, -0.2) is 9.97 Å². The summed E-state index contributed by atoms with van der Waals surface area (Å²) in [5, 5.41) is 9.42.